The van der Waals surface area contributed by atoms with E-state index in [4.69, 9.17) is 10.8 Å². The Morgan fingerprint density at radius 3 is 2.77 bits per heavy atom. The molecule has 0 saturated carbocycles. The molecule has 22 heavy (non-hydrogen) atoms. The van der Waals surface area contributed by atoms with Gasteiger partial charge in [0.05, 0.1) is 13.2 Å². The van der Waals surface area contributed by atoms with Crippen LogP contribution in [-0.4, -0.2) is 44.5 Å². The number of rotatable bonds is 5. The Kier molecular flexibility index (Phi) is 6.19. The van der Waals surface area contributed by atoms with Crippen LogP contribution in [0.25, 0.3) is 0 Å². The number of hydrogen-bond acceptors (Lipinski definition) is 6. The Bertz CT molecular complexity index is 579. The summed E-state index contributed by atoms with van der Waals surface area (Å²) in [6, 6.07) is 2.08. The zero-order valence-corrected chi connectivity index (χ0v) is 14.0. The third-order valence-corrected chi connectivity index (χ3v) is 4.83. The van der Waals surface area contributed by atoms with Gasteiger partial charge in [-0.05, 0) is 32.0 Å². The van der Waals surface area contributed by atoms with Gasteiger partial charge in [0.15, 0.2) is 5.13 Å². The van der Waals surface area contributed by atoms with E-state index >= 15 is 0 Å². The van der Waals surface area contributed by atoms with Crippen molar-refractivity contribution >= 4 is 28.9 Å². The van der Waals surface area contributed by atoms with Gasteiger partial charge in [0.1, 0.15) is 0 Å². The number of thiazole rings is 1. The summed E-state index contributed by atoms with van der Waals surface area (Å²) in [6.45, 7) is 3.82. The summed E-state index contributed by atoms with van der Waals surface area (Å²) in [6.07, 6.45) is 5.97. The van der Waals surface area contributed by atoms with Crippen LogP contribution in [0.15, 0.2) is 18.5 Å². The van der Waals surface area contributed by atoms with Gasteiger partial charge in [-0.25, -0.2) is 4.98 Å². The number of anilines is 1. The number of nitrogen functional groups attached to an aromatic ring is 1. The topological polar surface area (TPSA) is 80.2 Å². The Balaban J connectivity index is 0.00000176. The minimum absolute atomic E-state index is 0. The van der Waals surface area contributed by atoms with Gasteiger partial charge in [-0.3, -0.25) is 9.58 Å². The molecule has 0 spiro atoms. The van der Waals surface area contributed by atoms with Crippen LogP contribution in [0.4, 0.5) is 5.13 Å². The van der Waals surface area contributed by atoms with E-state index in [2.05, 4.69) is 21.0 Å². The van der Waals surface area contributed by atoms with Gasteiger partial charge in [0, 0.05) is 35.4 Å². The maximum absolute atomic E-state index is 9.08. The van der Waals surface area contributed by atoms with E-state index in [0.717, 1.165) is 32.5 Å². The highest BCUT2D eigenvalue weighted by Crippen LogP contribution is 2.29. The summed E-state index contributed by atoms with van der Waals surface area (Å²) in [5.41, 5.74) is 6.93. The number of likely N-dealkylation sites (tertiary alicyclic amines) is 1. The van der Waals surface area contributed by atoms with Crippen molar-refractivity contribution in [2.75, 3.05) is 25.4 Å². The average Bonchev–Trinajstić information content (AvgIpc) is 3.10. The smallest absolute Gasteiger partial charge is 0.180 e. The van der Waals surface area contributed by atoms with Crippen molar-refractivity contribution in [2.45, 2.75) is 31.8 Å². The number of nitrogens with two attached hydrogens (primary N) is 1. The molecule has 8 heteroatoms. The molecule has 0 unspecified atom stereocenters. The first-order valence-electron chi connectivity index (χ1n) is 7.31. The van der Waals surface area contributed by atoms with Crippen LogP contribution in [0, 0.1) is 0 Å². The van der Waals surface area contributed by atoms with Crippen molar-refractivity contribution in [3.63, 3.8) is 0 Å². The molecule has 3 heterocycles. The summed E-state index contributed by atoms with van der Waals surface area (Å²) in [5.74, 6) is 0.543. The van der Waals surface area contributed by atoms with Gasteiger partial charge in [-0.15, -0.1) is 23.7 Å². The van der Waals surface area contributed by atoms with Crippen molar-refractivity contribution in [3.05, 3.63) is 29.0 Å². The van der Waals surface area contributed by atoms with Crippen LogP contribution in [-0.2, 0) is 13.1 Å². The summed E-state index contributed by atoms with van der Waals surface area (Å²) in [7, 11) is 0. The zero-order chi connectivity index (χ0) is 14.7. The second-order valence-electron chi connectivity index (χ2n) is 5.42. The lowest BCUT2D eigenvalue weighted by Gasteiger charge is -2.31. The van der Waals surface area contributed by atoms with Crippen LogP contribution in [0.1, 0.15) is 29.3 Å². The van der Waals surface area contributed by atoms with E-state index in [-0.39, 0.29) is 19.0 Å². The third kappa shape index (κ3) is 3.98. The number of aliphatic hydroxyl groups is 1. The molecule has 1 aliphatic rings. The number of piperidine rings is 1. The normalized spacial score (nSPS) is 16.6. The van der Waals surface area contributed by atoms with Crippen LogP contribution in [0.3, 0.4) is 0 Å². The molecule has 0 aliphatic carbocycles. The summed E-state index contributed by atoms with van der Waals surface area (Å²) in [5, 5.41) is 14.0. The van der Waals surface area contributed by atoms with Crippen LogP contribution in [0.2, 0.25) is 0 Å². The minimum atomic E-state index is 0. The molecule has 0 bridgehead atoms. The molecule has 0 radical (unpaired) electrons. The van der Waals surface area contributed by atoms with E-state index in [1.54, 1.807) is 11.3 Å². The minimum Gasteiger partial charge on any atom is -0.394 e. The molecule has 0 amide bonds. The number of aliphatic hydroxyl groups excluding tert-OH is 1. The molecule has 0 atom stereocenters. The lowest BCUT2D eigenvalue weighted by atomic mass is 9.93. The third-order valence-electron chi connectivity index (χ3n) is 4.02. The van der Waals surface area contributed by atoms with Crippen molar-refractivity contribution < 1.29 is 5.11 Å². The SMILES string of the molecule is Cl.Nc1ncc(CN2CCC(c3ccnn3CCO)CC2)s1. The van der Waals surface area contributed by atoms with Gasteiger partial charge in [-0.2, -0.15) is 5.10 Å². The number of aromatic nitrogens is 3. The van der Waals surface area contributed by atoms with Crippen molar-refractivity contribution in [2.24, 2.45) is 0 Å². The van der Waals surface area contributed by atoms with Crippen LogP contribution < -0.4 is 5.73 Å². The van der Waals surface area contributed by atoms with Crippen molar-refractivity contribution in [1.29, 1.82) is 0 Å². The fourth-order valence-electron chi connectivity index (χ4n) is 2.97. The fourth-order valence-corrected chi connectivity index (χ4v) is 3.70. The van der Waals surface area contributed by atoms with Gasteiger partial charge in [0.2, 0.25) is 0 Å². The van der Waals surface area contributed by atoms with E-state index in [1.807, 2.05) is 17.1 Å². The van der Waals surface area contributed by atoms with E-state index in [1.165, 1.54) is 10.6 Å². The second kappa shape index (κ2) is 7.92. The first-order valence-corrected chi connectivity index (χ1v) is 8.13. The van der Waals surface area contributed by atoms with Crippen LogP contribution in [0.5, 0.6) is 0 Å². The summed E-state index contributed by atoms with van der Waals surface area (Å²) < 4.78 is 1.93. The second-order valence-corrected chi connectivity index (χ2v) is 6.56. The predicted octanol–water partition coefficient (Wildman–Crippen LogP) is 1.72. The maximum Gasteiger partial charge on any atom is 0.180 e. The monoisotopic (exact) mass is 343 g/mol. The highest BCUT2D eigenvalue weighted by Gasteiger charge is 2.23. The first kappa shape index (κ1) is 17.2. The molecule has 1 aliphatic heterocycles. The Hall–Kier alpha value is -1.15. The first-order chi connectivity index (χ1) is 10.3. The summed E-state index contributed by atoms with van der Waals surface area (Å²) >= 11 is 1.57. The molecule has 122 valence electrons. The molecule has 2 aromatic rings. The molecule has 2 aromatic heterocycles. The highest BCUT2D eigenvalue weighted by atomic mass is 35.5. The number of halogens is 1. The standard InChI is InChI=1S/C14H21N5OS.ClH/c15-14-16-9-12(21-14)10-18-5-2-11(3-6-18)13-1-4-17-19(13)7-8-20;/h1,4,9,11,20H,2-3,5-8,10H2,(H2,15,16);1H. The zero-order valence-electron chi connectivity index (χ0n) is 12.4. The molecule has 0 aromatic carbocycles. The fraction of sp³-hybridized carbons (Fsp3) is 0.571. The molecule has 3 rings (SSSR count). The lowest BCUT2D eigenvalue weighted by Crippen LogP contribution is -2.33. The number of hydrogen-bond donors (Lipinski definition) is 2. The lowest BCUT2D eigenvalue weighted by molar-refractivity contribution is 0.200. The molecular weight excluding hydrogens is 322 g/mol. The molecule has 3 N–H and O–H groups in total. The number of nitrogens with zero attached hydrogens (tertiary/aromatic N) is 4. The summed E-state index contributed by atoms with van der Waals surface area (Å²) in [4.78, 5) is 7.79. The van der Waals surface area contributed by atoms with Crippen molar-refractivity contribution in [3.8, 4) is 0 Å². The Morgan fingerprint density at radius 1 is 1.36 bits per heavy atom. The van der Waals surface area contributed by atoms with Gasteiger partial charge in [-0.1, -0.05) is 0 Å². The van der Waals surface area contributed by atoms with E-state index in [9.17, 15) is 0 Å². The van der Waals surface area contributed by atoms with Gasteiger partial charge < -0.3 is 10.8 Å². The maximum atomic E-state index is 9.08. The quantitative estimate of drug-likeness (QED) is 0.864. The molecule has 1 saturated heterocycles. The average molecular weight is 344 g/mol. The van der Waals surface area contributed by atoms with Crippen LogP contribution >= 0.6 is 23.7 Å². The van der Waals surface area contributed by atoms with Gasteiger partial charge >= 0.3 is 0 Å². The van der Waals surface area contributed by atoms with Crippen molar-refractivity contribution in [1.82, 2.24) is 19.7 Å². The largest absolute Gasteiger partial charge is 0.394 e. The highest BCUT2D eigenvalue weighted by molar-refractivity contribution is 7.15. The Morgan fingerprint density at radius 2 is 2.14 bits per heavy atom. The van der Waals surface area contributed by atoms with E-state index in [0.29, 0.717) is 17.6 Å². The molecular formula is C14H22ClN5OS. The van der Waals surface area contributed by atoms with E-state index < -0.39 is 0 Å². The molecule has 1 fully saturated rings. The Labute approximate surface area is 140 Å². The molecule has 6 nitrogen and oxygen atoms in total. The van der Waals surface area contributed by atoms with Gasteiger partial charge in [0.25, 0.3) is 0 Å². The predicted molar refractivity (Wildman–Crippen MR) is 90.3 cm³/mol.